The number of para-hydroxylation sites is 1. The second-order valence-electron chi connectivity index (χ2n) is 6.23. The Kier molecular flexibility index (Phi) is 6.11. The van der Waals surface area contributed by atoms with Gasteiger partial charge in [0, 0.05) is 12.1 Å². The van der Waals surface area contributed by atoms with Gasteiger partial charge < -0.3 is 24.8 Å². The summed E-state index contributed by atoms with van der Waals surface area (Å²) >= 11 is 0. The zero-order valence-electron chi connectivity index (χ0n) is 15.4. The lowest BCUT2D eigenvalue weighted by atomic mass is 10.2. The third kappa shape index (κ3) is 5.23. The summed E-state index contributed by atoms with van der Waals surface area (Å²) in [5.74, 6) is -0.180. The van der Waals surface area contributed by atoms with Gasteiger partial charge in [-0.25, -0.2) is 4.79 Å². The first-order chi connectivity index (χ1) is 13.5. The van der Waals surface area contributed by atoms with E-state index in [1.807, 2.05) is 30.3 Å². The summed E-state index contributed by atoms with van der Waals surface area (Å²) < 4.78 is 10.7. The molecule has 3 N–H and O–H groups in total. The molecule has 0 fully saturated rings. The number of esters is 1. The molecule has 0 aliphatic heterocycles. The molecule has 1 heterocycles. The van der Waals surface area contributed by atoms with Crippen LogP contribution in [-0.4, -0.2) is 34.6 Å². The Labute approximate surface area is 160 Å². The van der Waals surface area contributed by atoms with Crippen LogP contribution in [0, 0.1) is 0 Å². The van der Waals surface area contributed by atoms with Gasteiger partial charge in [0.1, 0.15) is 5.75 Å². The number of hydrogen-bond acceptors (Lipinski definition) is 5. The van der Waals surface area contributed by atoms with E-state index in [1.54, 1.807) is 18.2 Å². The van der Waals surface area contributed by atoms with E-state index in [-0.39, 0.29) is 12.1 Å². The Balaban J connectivity index is 1.42. The van der Waals surface area contributed by atoms with E-state index in [4.69, 9.17) is 9.47 Å². The topological polar surface area (TPSA) is 113 Å². The lowest BCUT2D eigenvalue weighted by Crippen LogP contribution is -2.30. The number of carbonyl (C=O) groups excluding carboxylic acids is 2. The second-order valence-corrected chi connectivity index (χ2v) is 6.23. The molecule has 0 bridgehead atoms. The van der Waals surface area contributed by atoms with Crippen LogP contribution in [0.1, 0.15) is 19.8 Å². The summed E-state index contributed by atoms with van der Waals surface area (Å²) in [7, 11) is 0. The number of hydrogen-bond donors (Lipinski definition) is 3. The number of aromatic amines is 2. The first-order valence-corrected chi connectivity index (χ1v) is 8.91. The average Bonchev–Trinajstić information content (AvgIpc) is 3.05. The number of imidazole rings is 1. The van der Waals surface area contributed by atoms with Crippen molar-refractivity contribution in [3.8, 4) is 5.75 Å². The molecule has 0 radical (unpaired) electrons. The van der Waals surface area contributed by atoms with Gasteiger partial charge in [-0.3, -0.25) is 9.59 Å². The van der Waals surface area contributed by atoms with Crippen LogP contribution in [0.2, 0.25) is 0 Å². The highest BCUT2D eigenvalue weighted by Gasteiger charge is 2.18. The van der Waals surface area contributed by atoms with E-state index in [0.29, 0.717) is 29.7 Å². The molecule has 0 saturated carbocycles. The highest BCUT2D eigenvalue weighted by molar-refractivity contribution is 5.96. The van der Waals surface area contributed by atoms with Gasteiger partial charge in [0.25, 0.3) is 5.91 Å². The number of carbonyl (C=O) groups is 2. The van der Waals surface area contributed by atoms with Crippen LogP contribution < -0.4 is 15.7 Å². The fourth-order valence-corrected chi connectivity index (χ4v) is 2.59. The van der Waals surface area contributed by atoms with Crippen molar-refractivity contribution in [3.05, 3.63) is 59.0 Å². The first kappa shape index (κ1) is 19.2. The van der Waals surface area contributed by atoms with Crippen molar-refractivity contribution in [2.24, 2.45) is 0 Å². The van der Waals surface area contributed by atoms with Crippen molar-refractivity contribution >= 4 is 28.6 Å². The minimum atomic E-state index is -0.941. The van der Waals surface area contributed by atoms with E-state index in [2.05, 4.69) is 15.3 Å². The summed E-state index contributed by atoms with van der Waals surface area (Å²) in [6.07, 6.45) is -0.302. The van der Waals surface area contributed by atoms with Gasteiger partial charge in [0.2, 0.25) is 0 Å². The van der Waals surface area contributed by atoms with Gasteiger partial charge in [-0.15, -0.1) is 0 Å². The van der Waals surface area contributed by atoms with E-state index in [1.165, 1.54) is 6.92 Å². The quantitative estimate of drug-likeness (QED) is 0.409. The fraction of sp³-hybridized carbons (Fsp3) is 0.250. The van der Waals surface area contributed by atoms with Gasteiger partial charge in [-0.05, 0) is 43.7 Å². The Morgan fingerprint density at radius 3 is 2.61 bits per heavy atom. The van der Waals surface area contributed by atoms with Crippen molar-refractivity contribution in [3.63, 3.8) is 0 Å². The van der Waals surface area contributed by atoms with Crippen LogP contribution in [0.5, 0.6) is 5.75 Å². The molecule has 2 aromatic carbocycles. The number of benzene rings is 2. The molecule has 8 nitrogen and oxygen atoms in total. The number of aromatic nitrogens is 2. The third-order valence-electron chi connectivity index (χ3n) is 4.00. The van der Waals surface area contributed by atoms with Gasteiger partial charge in [0.15, 0.2) is 6.10 Å². The van der Waals surface area contributed by atoms with Gasteiger partial charge in [-0.1, -0.05) is 18.2 Å². The summed E-state index contributed by atoms with van der Waals surface area (Å²) in [4.78, 5) is 40.6. The molecular weight excluding hydrogens is 362 g/mol. The van der Waals surface area contributed by atoms with Crippen LogP contribution in [0.15, 0.2) is 53.3 Å². The maximum Gasteiger partial charge on any atom is 0.323 e. The molecule has 0 aliphatic carbocycles. The minimum Gasteiger partial charge on any atom is -0.494 e. The number of fused-ring (bicyclic) bond motifs is 1. The monoisotopic (exact) mass is 383 g/mol. The molecule has 0 unspecified atom stereocenters. The van der Waals surface area contributed by atoms with E-state index < -0.39 is 18.0 Å². The Hall–Kier alpha value is -3.55. The van der Waals surface area contributed by atoms with Crippen LogP contribution in [0.25, 0.3) is 11.0 Å². The van der Waals surface area contributed by atoms with Crippen molar-refractivity contribution < 1.29 is 19.1 Å². The van der Waals surface area contributed by atoms with Crippen molar-refractivity contribution in [1.82, 2.24) is 9.97 Å². The predicted octanol–water partition coefficient (Wildman–Crippen LogP) is 2.59. The summed E-state index contributed by atoms with van der Waals surface area (Å²) in [5.41, 5.74) is 1.38. The fourth-order valence-electron chi connectivity index (χ4n) is 2.59. The molecule has 8 heteroatoms. The first-order valence-electron chi connectivity index (χ1n) is 8.91. The average molecular weight is 383 g/mol. The zero-order chi connectivity index (χ0) is 19.9. The van der Waals surface area contributed by atoms with Crippen molar-refractivity contribution in [2.45, 2.75) is 25.9 Å². The highest BCUT2D eigenvalue weighted by Crippen LogP contribution is 2.15. The van der Waals surface area contributed by atoms with Gasteiger partial charge in [-0.2, -0.15) is 0 Å². The molecule has 3 aromatic rings. The molecule has 1 amide bonds. The Bertz CT molecular complexity index is 1010. The van der Waals surface area contributed by atoms with E-state index in [0.717, 1.165) is 5.75 Å². The van der Waals surface area contributed by atoms with Gasteiger partial charge in [0.05, 0.1) is 17.6 Å². The maximum absolute atomic E-state index is 12.2. The van der Waals surface area contributed by atoms with Crippen LogP contribution in [0.4, 0.5) is 5.69 Å². The number of ether oxygens (including phenoxy) is 2. The number of amides is 1. The largest absolute Gasteiger partial charge is 0.494 e. The number of nitrogens with one attached hydrogen (secondary N) is 3. The summed E-state index contributed by atoms with van der Waals surface area (Å²) in [6, 6.07) is 14.3. The van der Waals surface area contributed by atoms with E-state index in [9.17, 15) is 14.4 Å². The molecule has 3 rings (SSSR count). The minimum absolute atomic E-state index is 0.154. The normalized spacial score (nSPS) is 11.8. The molecule has 1 atom stereocenters. The lowest BCUT2D eigenvalue weighted by Gasteiger charge is -2.13. The van der Waals surface area contributed by atoms with Crippen LogP contribution in [-0.2, 0) is 14.3 Å². The molecular formula is C20H21N3O5. The molecule has 146 valence electrons. The molecule has 0 spiro atoms. The van der Waals surface area contributed by atoms with E-state index >= 15 is 0 Å². The van der Waals surface area contributed by atoms with Crippen LogP contribution in [0.3, 0.4) is 0 Å². The van der Waals surface area contributed by atoms with Crippen molar-refractivity contribution in [1.29, 1.82) is 0 Å². The van der Waals surface area contributed by atoms with Gasteiger partial charge >= 0.3 is 11.7 Å². The Morgan fingerprint density at radius 1 is 1.07 bits per heavy atom. The molecule has 28 heavy (non-hydrogen) atoms. The highest BCUT2D eigenvalue weighted by atomic mass is 16.5. The molecule has 1 aromatic heterocycles. The lowest BCUT2D eigenvalue weighted by molar-refractivity contribution is -0.153. The predicted molar refractivity (Wildman–Crippen MR) is 104 cm³/mol. The number of anilines is 1. The molecule has 0 aliphatic rings. The maximum atomic E-state index is 12.2. The summed E-state index contributed by atoms with van der Waals surface area (Å²) in [5, 5.41) is 2.66. The number of rotatable bonds is 8. The number of H-pyrrole nitrogens is 2. The standard InChI is InChI=1S/C20H21N3O5/c1-13(28-18(24)8-5-11-27-15-6-3-2-4-7-15)19(25)21-14-9-10-16-17(12-14)23-20(26)22-16/h2-4,6-7,9-10,12-13H,5,8,11H2,1H3,(H,21,25)(H2,22,23,26)/t13-/m0/s1. The van der Waals surface area contributed by atoms with Crippen LogP contribution >= 0.6 is 0 Å². The zero-order valence-corrected chi connectivity index (χ0v) is 15.4. The molecule has 0 saturated heterocycles. The smallest absolute Gasteiger partial charge is 0.323 e. The Morgan fingerprint density at radius 2 is 1.82 bits per heavy atom. The summed E-state index contributed by atoms with van der Waals surface area (Å²) in [6.45, 7) is 1.89. The third-order valence-corrected chi connectivity index (χ3v) is 4.00. The second kappa shape index (κ2) is 8.90. The SMILES string of the molecule is C[C@H](OC(=O)CCCOc1ccccc1)C(=O)Nc1ccc2[nH]c(=O)[nH]c2c1. The van der Waals surface area contributed by atoms with Crippen molar-refractivity contribution in [2.75, 3.05) is 11.9 Å².